The second-order valence-electron chi connectivity index (χ2n) is 6.58. The summed E-state index contributed by atoms with van der Waals surface area (Å²) in [5.74, 6) is 1.93. The summed E-state index contributed by atoms with van der Waals surface area (Å²) in [5.41, 5.74) is 2.54. The van der Waals surface area contributed by atoms with Gasteiger partial charge in [0.2, 0.25) is 0 Å². The van der Waals surface area contributed by atoms with E-state index in [9.17, 15) is 4.79 Å². The second-order valence-corrected chi connectivity index (χ2v) is 7.52. The van der Waals surface area contributed by atoms with Crippen LogP contribution in [0, 0.1) is 6.92 Å². The molecule has 0 bridgehead atoms. The zero-order valence-electron chi connectivity index (χ0n) is 17.0. The Bertz CT molecular complexity index is 969. The highest BCUT2D eigenvalue weighted by Gasteiger charge is 2.17. The first-order valence-electron chi connectivity index (χ1n) is 9.10. The Kier molecular flexibility index (Phi) is 6.72. The van der Waals surface area contributed by atoms with Crippen molar-refractivity contribution in [2.75, 3.05) is 21.3 Å². The van der Waals surface area contributed by atoms with Crippen LogP contribution in [0.15, 0.2) is 47.8 Å². The number of hydrogen-bond donors (Lipinski definition) is 0. The summed E-state index contributed by atoms with van der Waals surface area (Å²) < 4.78 is 16.3. The van der Waals surface area contributed by atoms with Crippen molar-refractivity contribution in [3.63, 3.8) is 0 Å². The van der Waals surface area contributed by atoms with E-state index in [4.69, 9.17) is 14.2 Å². The molecule has 3 rings (SSSR count). The van der Waals surface area contributed by atoms with Gasteiger partial charge >= 0.3 is 0 Å². The molecule has 29 heavy (non-hydrogen) atoms. The lowest BCUT2D eigenvalue weighted by atomic mass is 10.2. The average molecular weight is 413 g/mol. The van der Waals surface area contributed by atoms with E-state index >= 15 is 0 Å². The van der Waals surface area contributed by atoms with Gasteiger partial charge in [-0.1, -0.05) is 23.8 Å². The average Bonchev–Trinajstić information content (AvgIpc) is 3.21. The lowest BCUT2D eigenvalue weighted by molar-refractivity contribution is 0.0779. The summed E-state index contributed by atoms with van der Waals surface area (Å²) in [7, 11) is 4.93. The van der Waals surface area contributed by atoms with Gasteiger partial charge in [-0.15, -0.1) is 11.3 Å². The quantitative estimate of drug-likeness (QED) is 0.551. The molecule has 1 aromatic heterocycles. The van der Waals surface area contributed by atoms with Crippen LogP contribution in [0.5, 0.6) is 17.2 Å². The van der Waals surface area contributed by atoms with Crippen LogP contribution in [0.25, 0.3) is 0 Å². The minimum absolute atomic E-state index is 0.141. The third-order valence-corrected chi connectivity index (χ3v) is 5.19. The third-order valence-electron chi connectivity index (χ3n) is 4.37. The zero-order chi connectivity index (χ0) is 20.8. The van der Waals surface area contributed by atoms with Gasteiger partial charge in [-0.2, -0.15) is 0 Å². The van der Waals surface area contributed by atoms with Crippen molar-refractivity contribution in [1.29, 1.82) is 0 Å². The summed E-state index contributed by atoms with van der Waals surface area (Å²) >= 11 is 1.41. The molecule has 0 aliphatic heterocycles. The van der Waals surface area contributed by atoms with Crippen molar-refractivity contribution < 1.29 is 19.0 Å². The summed E-state index contributed by atoms with van der Waals surface area (Å²) in [6, 6.07) is 13.4. The number of thiazole rings is 1. The molecule has 6 nitrogen and oxygen atoms in total. The minimum Gasteiger partial charge on any atom is -0.493 e. The number of nitrogens with zero attached hydrogens (tertiary/aromatic N) is 2. The van der Waals surface area contributed by atoms with Crippen molar-refractivity contribution in [2.24, 2.45) is 0 Å². The van der Waals surface area contributed by atoms with Gasteiger partial charge in [-0.05, 0) is 36.8 Å². The van der Waals surface area contributed by atoms with Crippen LogP contribution < -0.4 is 14.2 Å². The van der Waals surface area contributed by atoms with E-state index in [2.05, 4.69) is 4.98 Å². The number of hydrogen-bond acceptors (Lipinski definition) is 6. The molecule has 0 unspecified atom stereocenters. The number of rotatable bonds is 8. The van der Waals surface area contributed by atoms with Crippen LogP contribution in [-0.2, 0) is 13.2 Å². The topological polar surface area (TPSA) is 60.9 Å². The zero-order valence-corrected chi connectivity index (χ0v) is 17.8. The first-order chi connectivity index (χ1) is 14.0. The summed E-state index contributed by atoms with van der Waals surface area (Å²) in [4.78, 5) is 18.8. The van der Waals surface area contributed by atoms with Crippen LogP contribution in [0.4, 0.5) is 0 Å². The summed E-state index contributed by atoms with van der Waals surface area (Å²) in [6.45, 7) is 2.80. The van der Waals surface area contributed by atoms with Crippen molar-refractivity contribution >= 4 is 17.2 Å². The van der Waals surface area contributed by atoms with Gasteiger partial charge in [-0.3, -0.25) is 4.79 Å². The molecule has 1 amide bonds. The van der Waals surface area contributed by atoms with Crippen LogP contribution in [0.2, 0.25) is 0 Å². The minimum atomic E-state index is -0.141. The second kappa shape index (κ2) is 9.43. The molecule has 0 aliphatic carbocycles. The third kappa shape index (κ3) is 5.26. The maximum atomic E-state index is 12.7. The molecular weight excluding hydrogens is 388 g/mol. The standard InChI is InChI=1S/C22H24N2O4S/c1-15-5-8-17(9-6-15)28-13-21-23-18(14-29-21)22(25)24(2)12-16-7-10-19(26-3)20(11-16)27-4/h5-11,14H,12-13H2,1-4H3. The summed E-state index contributed by atoms with van der Waals surface area (Å²) in [5, 5.41) is 2.52. The number of methoxy groups -OCH3 is 2. The van der Waals surface area contributed by atoms with Crippen LogP contribution in [0.3, 0.4) is 0 Å². The molecule has 152 valence electrons. The number of aryl methyl sites for hydroxylation is 1. The van der Waals surface area contributed by atoms with E-state index in [1.54, 1.807) is 31.5 Å². The van der Waals surface area contributed by atoms with Crippen molar-refractivity contribution in [1.82, 2.24) is 9.88 Å². The Morgan fingerprint density at radius 2 is 1.79 bits per heavy atom. The molecule has 0 spiro atoms. The SMILES string of the molecule is COc1ccc(CN(C)C(=O)c2csc(COc3ccc(C)cc3)n2)cc1OC. The highest BCUT2D eigenvalue weighted by molar-refractivity contribution is 7.09. The highest BCUT2D eigenvalue weighted by atomic mass is 32.1. The molecule has 0 aliphatic rings. The molecular formula is C22H24N2O4S. The van der Waals surface area contributed by atoms with Gasteiger partial charge in [0.25, 0.3) is 5.91 Å². The van der Waals surface area contributed by atoms with E-state index in [1.807, 2.05) is 49.4 Å². The monoisotopic (exact) mass is 412 g/mol. The number of benzene rings is 2. The molecule has 0 fully saturated rings. The lowest BCUT2D eigenvalue weighted by Gasteiger charge is -2.17. The smallest absolute Gasteiger partial charge is 0.273 e. The Hall–Kier alpha value is -3.06. The number of aromatic nitrogens is 1. The largest absolute Gasteiger partial charge is 0.493 e. The molecule has 3 aromatic rings. The predicted molar refractivity (Wildman–Crippen MR) is 113 cm³/mol. The molecule has 0 saturated carbocycles. The molecule has 7 heteroatoms. The fraction of sp³-hybridized carbons (Fsp3) is 0.273. The van der Waals surface area contributed by atoms with Crippen LogP contribution in [0.1, 0.15) is 26.6 Å². The number of ether oxygens (including phenoxy) is 3. The number of carbonyl (C=O) groups is 1. The van der Waals surface area contributed by atoms with Gasteiger partial charge in [0.15, 0.2) is 11.5 Å². The van der Waals surface area contributed by atoms with E-state index in [-0.39, 0.29) is 5.91 Å². The first kappa shape index (κ1) is 20.7. The van der Waals surface area contributed by atoms with Crippen molar-refractivity contribution in [3.05, 3.63) is 69.7 Å². The number of amides is 1. The Labute approximate surface area is 174 Å². The lowest BCUT2D eigenvalue weighted by Crippen LogP contribution is -2.26. The van der Waals surface area contributed by atoms with Crippen molar-refractivity contribution in [2.45, 2.75) is 20.1 Å². The maximum Gasteiger partial charge on any atom is 0.273 e. The van der Waals surface area contributed by atoms with Crippen molar-refractivity contribution in [3.8, 4) is 17.2 Å². The van der Waals surface area contributed by atoms with E-state index in [0.717, 1.165) is 16.3 Å². The van der Waals surface area contributed by atoms with E-state index in [0.29, 0.717) is 30.3 Å². The molecule has 2 aromatic carbocycles. The highest BCUT2D eigenvalue weighted by Crippen LogP contribution is 2.28. The van der Waals surface area contributed by atoms with Gasteiger partial charge in [-0.25, -0.2) is 4.98 Å². The molecule has 1 heterocycles. The fourth-order valence-electron chi connectivity index (χ4n) is 2.78. The Morgan fingerprint density at radius 3 is 2.48 bits per heavy atom. The van der Waals surface area contributed by atoms with Crippen LogP contribution >= 0.6 is 11.3 Å². The fourth-order valence-corrected chi connectivity index (χ4v) is 3.45. The summed E-state index contributed by atoms with van der Waals surface area (Å²) in [6.07, 6.45) is 0. The molecule has 0 saturated heterocycles. The molecule has 0 N–H and O–H groups in total. The van der Waals surface area contributed by atoms with Gasteiger partial charge < -0.3 is 19.1 Å². The van der Waals surface area contributed by atoms with E-state index in [1.165, 1.54) is 16.9 Å². The maximum absolute atomic E-state index is 12.7. The first-order valence-corrected chi connectivity index (χ1v) is 9.98. The molecule has 0 radical (unpaired) electrons. The predicted octanol–water partition coefficient (Wildman–Crippen LogP) is 4.32. The molecule has 0 atom stereocenters. The number of carbonyl (C=O) groups excluding carboxylic acids is 1. The van der Waals surface area contributed by atoms with Gasteiger partial charge in [0.1, 0.15) is 23.1 Å². The van der Waals surface area contributed by atoms with Crippen LogP contribution in [-0.4, -0.2) is 37.1 Å². The normalized spacial score (nSPS) is 10.5. The Balaban J connectivity index is 1.60. The van der Waals surface area contributed by atoms with Gasteiger partial charge in [0, 0.05) is 19.0 Å². The Morgan fingerprint density at radius 1 is 1.07 bits per heavy atom. The van der Waals surface area contributed by atoms with Gasteiger partial charge in [0.05, 0.1) is 14.2 Å². The van der Waals surface area contributed by atoms with E-state index < -0.39 is 0 Å².